The number of morpholine rings is 1. The monoisotopic (exact) mass is 627 g/mol. The fraction of sp³-hybridized carbons (Fsp3) is 0.300. The van der Waals surface area contributed by atoms with Crippen molar-refractivity contribution in [2.24, 2.45) is 16.7 Å². The highest BCUT2D eigenvalue weighted by Gasteiger charge is 2.40. The SMILES string of the molecule is COC(=O)c1cc(F)c(-c2cccc3c2OCN(C(=O)c2c(Cl)cc(/C(N)=N/N)cc2Cl)C3)cc1N1C2CCC1COC2. The molecule has 224 valence electrons. The van der Waals surface area contributed by atoms with E-state index in [2.05, 4.69) is 10.0 Å². The number of fused-ring (bicyclic) bond motifs is 3. The number of para-hydroxylation sites is 1. The van der Waals surface area contributed by atoms with Gasteiger partial charge in [-0.1, -0.05) is 41.4 Å². The Hall–Kier alpha value is -4.06. The van der Waals surface area contributed by atoms with Crippen molar-refractivity contribution in [3.63, 3.8) is 0 Å². The maximum atomic E-state index is 15.8. The highest BCUT2D eigenvalue weighted by Crippen LogP contribution is 2.43. The van der Waals surface area contributed by atoms with Crippen LogP contribution < -0.4 is 21.2 Å². The van der Waals surface area contributed by atoms with Gasteiger partial charge in [0.25, 0.3) is 5.91 Å². The molecule has 6 rings (SSSR count). The van der Waals surface area contributed by atoms with Gasteiger partial charge in [0, 0.05) is 22.3 Å². The molecular weight excluding hydrogens is 600 g/mol. The predicted molar refractivity (Wildman–Crippen MR) is 160 cm³/mol. The minimum atomic E-state index is -0.616. The summed E-state index contributed by atoms with van der Waals surface area (Å²) in [5.41, 5.74) is 8.39. The number of nitrogens with two attached hydrogens (primary N) is 2. The second-order valence-electron chi connectivity index (χ2n) is 10.6. The van der Waals surface area contributed by atoms with E-state index in [1.54, 1.807) is 24.3 Å². The number of hydrazone groups is 1. The quantitative estimate of drug-likeness (QED) is 0.139. The zero-order valence-electron chi connectivity index (χ0n) is 23.1. The summed E-state index contributed by atoms with van der Waals surface area (Å²) in [6.45, 7) is 1.09. The van der Waals surface area contributed by atoms with Crippen molar-refractivity contribution in [3.8, 4) is 16.9 Å². The molecule has 2 saturated heterocycles. The number of rotatable bonds is 5. The van der Waals surface area contributed by atoms with Crippen LogP contribution in [0.15, 0.2) is 47.6 Å². The Bertz CT molecular complexity index is 1630. The molecule has 0 spiro atoms. The minimum absolute atomic E-state index is 0.0156. The molecule has 2 fully saturated rings. The van der Waals surface area contributed by atoms with E-state index < -0.39 is 17.7 Å². The fourth-order valence-electron chi connectivity index (χ4n) is 6.05. The summed E-state index contributed by atoms with van der Waals surface area (Å²) >= 11 is 12.8. The Morgan fingerprint density at radius 1 is 1.07 bits per heavy atom. The van der Waals surface area contributed by atoms with Crippen LogP contribution in [0.2, 0.25) is 10.0 Å². The number of hydrogen-bond acceptors (Lipinski definition) is 8. The number of esters is 1. The van der Waals surface area contributed by atoms with Crippen LogP contribution >= 0.6 is 23.2 Å². The molecule has 10 nitrogen and oxygen atoms in total. The molecule has 0 aromatic heterocycles. The number of nitrogens with zero attached hydrogens (tertiary/aromatic N) is 3. The van der Waals surface area contributed by atoms with Gasteiger partial charge in [0.05, 0.1) is 65.8 Å². The maximum absolute atomic E-state index is 15.8. The topological polar surface area (TPSA) is 133 Å². The van der Waals surface area contributed by atoms with E-state index in [4.69, 9.17) is 49.0 Å². The molecule has 2 bridgehead atoms. The number of halogens is 3. The average Bonchev–Trinajstić information content (AvgIpc) is 3.25. The highest BCUT2D eigenvalue weighted by molar-refractivity contribution is 6.40. The Morgan fingerprint density at radius 3 is 2.42 bits per heavy atom. The molecule has 0 aliphatic carbocycles. The first-order valence-electron chi connectivity index (χ1n) is 13.6. The molecule has 0 radical (unpaired) electrons. The molecular formula is C30H28Cl2FN5O5. The van der Waals surface area contributed by atoms with E-state index in [1.807, 2.05) is 0 Å². The van der Waals surface area contributed by atoms with E-state index in [9.17, 15) is 9.59 Å². The zero-order chi connectivity index (χ0) is 30.4. The van der Waals surface area contributed by atoms with Crippen molar-refractivity contribution in [1.82, 2.24) is 4.90 Å². The average molecular weight is 628 g/mol. The second-order valence-corrected chi connectivity index (χ2v) is 11.4. The number of ether oxygens (including phenoxy) is 3. The molecule has 2 unspecified atom stereocenters. The Morgan fingerprint density at radius 2 is 1.77 bits per heavy atom. The lowest BCUT2D eigenvalue weighted by Gasteiger charge is -2.37. The van der Waals surface area contributed by atoms with Gasteiger partial charge in [-0.3, -0.25) is 4.79 Å². The zero-order valence-corrected chi connectivity index (χ0v) is 24.6. The first-order chi connectivity index (χ1) is 20.7. The lowest BCUT2D eigenvalue weighted by Crippen LogP contribution is -2.46. The molecule has 3 aliphatic rings. The normalized spacial score (nSPS) is 19.6. The third-order valence-electron chi connectivity index (χ3n) is 8.10. The van der Waals surface area contributed by atoms with Gasteiger partial charge in [-0.2, -0.15) is 5.10 Å². The van der Waals surface area contributed by atoms with Crippen LogP contribution in [-0.4, -0.2) is 61.8 Å². The number of anilines is 1. The Balaban J connectivity index is 1.35. The number of hydrogen-bond donors (Lipinski definition) is 2. The van der Waals surface area contributed by atoms with Crippen molar-refractivity contribution >= 4 is 46.6 Å². The second kappa shape index (κ2) is 11.6. The lowest BCUT2D eigenvalue weighted by atomic mass is 9.96. The first kappa shape index (κ1) is 29.0. The summed E-state index contributed by atoms with van der Waals surface area (Å²) in [5, 5.41) is 3.59. The van der Waals surface area contributed by atoms with E-state index in [-0.39, 0.29) is 57.9 Å². The van der Waals surface area contributed by atoms with Crippen LogP contribution in [0.25, 0.3) is 11.1 Å². The van der Waals surface area contributed by atoms with Gasteiger partial charge in [-0.05, 0) is 37.1 Å². The van der Waals surface area contributed by atoms with Gasteiger partial charge in [0.15, 0.2) is 6.73 Å². The molecule has 43 heavy (non-hydrogen) atoms. The predicted octanol–water partition coefficient (Wildman–Crippen LogP) is 4.53. The largest absolute Gasteiger partial charge is 0.472 e. The Labute approximate surface area is 256 Å². The summed E-state index contributed by atoms with van der Waals surface area (Å²) in [6, 6.07) is 11.3. The molecule has 4 N–H and O–H groups in total. The van der Waals surface area contributed by atoms with Gasteiger partial charge in [0.2, 0.25) is 0 Å². The lowest BCUT2D eigenvalue weighted by molar-refractivity contribution is 0.0515. The maximum Gasteiger partial charge on any atom is 0.340 e. The molecule has 0 saturated carbocycles. The third kappa shape index (κ3) is 5.11. The number of carbonyl (C=O) groups excluding carboxylic acids is 2. The van der Waals surface area contributed by atoms with Gasteiger partial charge < -0.3 is 35.6 Å². The van der Waals surface area contributed by atoms with Crippen LogP contribution in [-0.2, 0) is 16.0 Å². The van der Waals surface area contributed by atoms with Gasteiger partial charge in [0.1, 0.15) is 17.4 Å². The van der Waals surface area contributed by atoms with Gasteiger partial charge >= 0.3 is 5.97 Å². The number of benzene rings is 3. The summed E-state index contributed by atoms with van der Waals surface area (Å²) in [5.74, 6) is 4.03. The molecule has 3 heterocycles. The van der Waals surface area contributed by atoms with E-state index in [1.165, 1.54) is 30.2 Å². The molecule has 13 heteroatoms. The first-order valence-corrected chi connectivity index (χ1v) is 14.3. The minimum Gasteiger partial charge on any atom is -0.472 e. The molecule has 3 aliphatic heterocycles. The number of amides is 1. The van der Waals surface area contributed by atoms with Crippen LogP contribution in [0, 0.1) is 5.82 Å². The van der Waals surface area contributed by atoms with Crippen LogP contribution in [0.3, 0.4) is 0 Å². The number of methoxy groups -OCH3 is 1. The smallest absolute Gasteiger partial charge is 0.340 e. The standard InChI is InChI=1S/C30H28Cl2FN5O5/c1-41-30(40)21-9-24(33)20(10-25(21)38-17-5-6-18(38)13-42-12-17)19-4-2-3-15-11-37(14-43-27(15)19)29(39)26-22(31)7-16(8-23(26)32)28(34)36-35/h2-4,7-10,17-18H,5-6,11-14,35H2,1H3,(H2,34,36). The summed E-state index contributed by atoms with van der Waals surface area (Å²) in [4.78, 5) is 29.8. The summed E-state index contributed by atoms with van der Waals surface area (Å²) < 4.78 is 32.6. The number of carbonyl (C=O) groups is 2. The van der Waals surface area contributed by atoms with Gasteiger partial charge in [-0.15, -0.1) is 0 Å². The fourth-order valence-corrected chi connectivity index (χ4v) is 6.70. The van der Waals surface area contributed by atoms with Crippen molar-refractivity contribution in [2.75, 3.05) is 32.0 Å². The van der Waals surface area contributed by atoms with Crippen molar-refractivity contribution in [1.29, 1.82) is 0 Å². The summed E-state index contributed by atoms with van der Waals surface area (Å²) in [7, 11) is 1.28. The summed E-state index contributed by atoms with van der Waals surface area (Å²) in [6.07, 6.45) is 1.83. The highest BCUT2D eigenvalue weighted by atomic mass is 35.5. The van der Waals surface area contributed by atoms with Crippen LogP contribution in [0.1, 0.15) is 44.7 Å². The number of amidine groups is 1. The Kier molecular flexibility index (Phi) is 7.80. The molecule has 3 aromatic carbocycles. The van der Waals surface area contributed by atoms with Crippen molar-refractivity contribution < 1.29 is 28.2 Å². The molecule has 2 atom stereocenters. The van der Waals surface area contributed by atoms with Crippen LogP contribution in [0.5, 0.6) is 5.75 Å². The van der Waals surface area contributed by atoms with Crippen molar-refractivity contribution in [2.45, 2.75) is 31.5 Å². The van der Waals surface area contributed by atoms with Crippen molar-refractivity contribution in [3.05, 3.63) is 80.6 Å². The van der Waals surface area contributed by atoms with E-state index >= 15 is 4.39 Å². The van der Waals surface area contributed by atoms with Gasteiger partial charge in [-0.25, -0.2) is 9.18 Å². The molecule has 3 aromatic rings. The van der Waals surface area contributed by atoms with E-state index in [0.29, 0.717) is 41.3 Å². The third-order valence-corrected chi connectivity index (χ3v) is 8.70. The van der Waals surface area contributed by atoms with Crippen LogP contribution in [0.4, 0.5) is 10.1 Å². The van der Waals surface area contributed by atoms with E-state index in [0.717, 1.165) is 12.8 Å². The molecule has 1 amide bonds.